The van der Waals surface area contributed by atoms with Gasteiger partial charge in [0.1, 0.15) is 0 Å². The highest BCUT2D eigenvalue weighted by atomic mass is 35.5. The molecule has 2 aromatic carbocycles. The Morgan fingerprint density at radius 2 is 1.92 bits per heavy atom. The molecule has 3 heteroatoms. The third-order valence-electron chi connectivity index (χ3n) is 5.29. The Balaban J connectivity index is 0.00000225. The molecule has 1 heterocycles. The fraction of sp³-hybridized carbons (Fsp3) is 0.545. The average Bonchev–Trinajstić information content (AvgIpc) is 2.63. The molecule has 2 aromatic rings. The van der Waals surface area contributed by atoms with E-state index >= 15 is 0 Å². The van der Waals surface area contributed by atoms with Crippen molar-refractivity contribution in [2.24, 2.45) is 0 Å². The molecule has 25 heavy (non-hydrogen) atoms. The number of piperidine rings is 1. The minimum atomic E-state index is 0. The Morgan fingerprint density at radius 3 is 2.80 bits per heavy atom. The van der Waals surface area contributed by atoms with Gasteiger partial charge in [-0.1, -0.05) is 62.2 Å². The van der Waals surface area contributed by atoms with Crippen LogP contribution in [0.2, 0.25) is 0 Å². The number of nitrogens with zero attached hydrogens (tertiary/aromatic N) is 1. The first-order valence-electron chi connectivity index (χ1n) is 9.79. The second kappa shape index (κ2) is 10.8. The number of likely N-dealkylation sites (tertiary alicyclic amines) is 1. The summed E-state index contributed by atoms with van der Waals surface area (Å²) in [5.41, 5.74) is 1.47. The summed E-state index contributed by atoms with van der Waals surface area (Å²) >= 11 is 0. The van der Waals surface area contributed by atoms with Crippen molar-refractivity contribution in [3.63, 3.8) is 0 Å². The predicted molar refractivity (Wildman–Crippen MR) is 112 cm³/mol. The highest BCUT2D eigenvalue weighted by molar-refractivity contribution is 5.86. The van der Waals surface area contributed by atoms with Crippen molar-refractivity contribution in [3.8, 4) is 0 Å². The average molecular weight is 361 g/mol. The first-order valence-corrected chi connectivity index (χ1v) is 9.79. The van der Waals surface area contributed by atoms with Gasteiger partial charge in [0.05, 0.1) is 0 Å². The molecule has 1 fully saturated rings. The molecule has 3 rings (SSSR count). The lowest BCUT2D eigenvalue weighted by molar-refractivity contribution is 0.188. The Hall–Kier alpha value is -1.09. The molecule has 0 radical (unpaired) electrons. The first-order chi connectivity index (χ1) is 11.9. The summed E-state index contributed by atoms with van der Waals surface area (Å²) in [6.07, 6.45) is 7.85. The van der Waals surface area contributed by atoms with Gasteiger partial charge < -0.3 is 10.2 Å². The van der Waals surface area contributed by atoms with Gasteiger partial charge in [-0.2, -0.15) is 0 Å². The molecular formula is C22H33ClN2. The maximum absolute atomic E-state index is 3.81. The maximum Gasteiger partial charge on any atom is 0.0195 e. The standard InChI is InChI=1S/C22H32N2.ClH/c1-2-3-6-16-24-17-8-12-21(18-24)23-15-14-20-11-7-10-19-9-4-5-13-22(19)20;/h4-5,7,9-11,13,21,23H,2-3,6,8,12,14-18H2,1H3;1H. The smallest absolute Gasteiger partial charge is 0.0195 e. The Kier molecular flexibility index (Phi) is 8.74. The van der Waals surface area contributed by atoms with Crippen LogP contribution in [-0.4, -0.2) is 37.1 Å². The number of halogens is 1. The van der Waals surface area contributed by atoms with Gasteiger partial charge in [0.25, 0.3) is 0 Å². The van der Waals surface area contributed by atoms with Gasteiger partial charge in [0.15, 0.2) is 0 Å². The van der Waals surface area contributed by atoms with E-state index in [0.29, 0.717) is 6.04 Å². The number of unbranched alkanes of at least 4 members (excludes halogenated alkanes) is 2. The van der Waals surface area contributed by atoms with E-state index in [9.17, 15) is 0 Å². The molecule has 0 amide bonds. The van der Waals surface area contributed by atoms with Gasteiger partial charge in [0.2, 0.25) is 0 Å². The molecule has 0 aliphatic carbocycles. The van der Waals surface area contributed by atoms with Gasteiger partial charge >= 0.3 is 0 Å². The molecule has 0 spiro atoms. The van der Waals surface area contributed by atoms with Crippen molar-refractivity contribution in [2.75, 3.05) is 26.2 Å². The van der Waals surface area contributed by atoms with Crippen LogP contribution >= 0.6 is 12.4 Å². The number of hydrogen-bond donors (Lipinski definition) is 1. The molecule has 2 nitrogen and oxygen atoms in total. The summed E-state index contributed by atoms with van der Waals surface area (Å²) in [6.45, 7) is 7.19. The molecule has 1 aliphatic heterocycles. The monoisotopic (exact) mass is 360 g/mol. The van der Waals surface area contributed by atoms with E-state index in [1.165, 1.54) is 68.1 Å². The molecule has 0 saturated carbocycles. The van der Waals surface area contributed by atoms with Gasteiger partial charge in [0, 0.05) is 12.6 Å². The molecule has 138 valence electrons. The van der Waals surface area contributed by atoms with Crippen molar-refractivity contribution in [1.29, 1.82) is 0 Å². The van der Waals surface area contributed by atoms with E-state index < -0.39 is 0 Å². The van der Waals surface area contributed by atoms with Crippen LogP contribution in [0.25, 0.3) is 10.8 Å². The summed E-state index contributed by atoms with van der Waals surface area (Å²) in [4.78, 5) is 2.66. The number of fused-ring (bicyclic) bond motifs is 1. The maximum atomic E-state index is 3.81. The summed E-state index contributed by atoms with van der Waals surface area (Å²) in [7, 11) is 0. The van der Waals surface area contributed by atoms with Crippen molar-refractivity contribution in [2.45, 2.75) is 51.5 Å². The number of benzene rings is 2. The SMILES string of the molecule is CCCCCN1CCCC(NCCc2cccc3ccccc23)C1.Cl. The molecule has 1 aliphatic rings. The zero-order valence-corrected chi connectivity index (χ0v) is 16.4. The second-order valence-corrected chi connectivity index (χ2v) is 7.19. The van der Waals surface area contributed by atoms with Gasteiger partial charge in [-0.15, -0.1) is 12.4 Å². The predicted octanol–water partition coefficient (Wildman–Crippen LogP) is 5.05. The second-order valence-electron chi connectivity index (χ2n) is 7.19. The van der Waals surface area contributed by atoms with E-state index in [1.807, 2.05) is 0 Å². The van der Waals surface area contributed by atoms with Crippen LogP contribution in [0, 0.1) is 0 Å². The molecule has 1 N–H and O–H groups in total. The number of hydrogen-bond acceptors (Lipinski definition) is 2. The Morgan fingerprint density at radius 1 is 1.08 bits per heavy atom. The zero-order valence-electron chi connectivity index (χ0n) is 15.5. The first kappa shape index (κ1) is 20.2. The molecular weight excluding hydrogens is 328 g/mol. The fourth-order valence-electron chi connectivity index (χ4n) is 3.93. The van der Waals surface area contributed by atoms with E-state index in [2.05, 4.69) is 59.6 Å². The topological polar surface area (TPSA) is 15.3 Å². The lowest BCUT2D eigenvalue weighted by Crippen LogP contribution is -2.46. The summed E-state index contributed by atoms with van der Waals surface area (Å²) in [6, 6.07) is 16.1. The van der Waals surface area contributed by atoms with Gasteiger partial charge in [-0.25, -0.2) is 0 Å². The van der Waals surface area contributed by atoms with Crippen LogP contribution < -0.4 is 5.32 Å². The molecule has 1 unspecified atom stereocenters. The van der Waals surface area contributed by atoms with Crippen LogP contribution in [0.15, 0.2) is 42.5 Å². The van der Waals surface area contributed by atoms with E-state index in [4.69, 9.17) is 0 Å². The normalized spacial score (nSPS) is 18.2. The Labute approximate surface area is 159 Å². The van der Waals surface area contributed by atoms with Crippen LogP contribution in [-0.2, 0) is 6.42 Å². The fourth-order valence-corrected chi connectivity index (χ4v) is 3.93. The third kappa shape index (κ3) is 5.99. The summed E-state index contributed by atoms with van der Waals surface area (Å²) in [5, 5.41) is 6.58. The number of nitrogens with one attached hydrogen (secondary N) is 1. The van der Waals surface area contributed by atoms with Crippen molar-refractivity contribution < 1.29 is 0 Å². The Bertz CT molecular complexity index is 623. The molecule has 1 atom stereocenters. The van der Waals surface area contributed by atoms with Crippen LogP contribution in [0.1, 0.15) is 44.6 Å². The van der Waals surface area contributed by atoms with Gasteiger partial charge in [-0.3, -0.25) is 0 Å². The largest absolute Gasteiger partial charge is 0.312 e. The highest BCUT2D eigenvalue weighted by Crippen LogP contribution is 2.19. The van der Waals surface area contributed by atoms with Gasteiger partial charge in [-0.05, 0) is 61.7 Å². The van der Waals surface area contributed by atoms with E-state index in [0.717, 1.165) is 13.0 Å². The summed E-state index contributed by atoms with van der Waals surface area (Å²) in [5.74, 6) is 0. The minimum absolute atomic E-state index is 0. The summed E-state index contributed by atoms with van der Waals surface area (Å²) < 4.78 is 0. The van der Waals surface area contributed by atoms with Crippen LogP contribution in [0.5, 0.6) is 0 Å². The van der Waals surface area contributed by atoms with Crippen LogP contribution in [0.4, 0.5) is 0 Å². The zero-order chi connectivity index (χ0) is 16.6. The molecule has 0 bridgehead atoms. The van der Waals surface area contributed by atoms with Crippen molar-refractivity contribution >= 4 is 23.2 Å². The van der Waals surface area contributed by atoms with E-state index in [-0.39, 0.29) is 12.4 Å². The van der Waals surface area contributed by atoms with Crippen molar-refractivity contribution in [1.82, 2.24) is 10.2 Å². The molecule has 1 saturated heterocycles. The van der Waals surface area contributed by atoms with E-state index in [1.54, 1.807) is 0 Å². The lowest BCUT2D eigenvalue weighted by Gasteiger charge is -2.33. The minimum Gasteiger partial charge on any atom is -0.312 e. The van der Waals surface area contributed by atoms with Crippen LogP contribution in [0.3, 0.4) is 0 Å². The molecule has 0 aromatic heterocycles. The lowest BCUT2D eigenvalue weighted by atomic mass is 10.0. The van der Waals surface area contributed by atoms with Crippen molar-refractivity contribution in [3.05, 3.63) is 48.0 Å². The quantitative estimate of drug-likeness (QED) is 0.663. The number of rotatable bonds is 8. The third-order valence-corrected chi connectivity index (χ3v) is 5.29. The highest BCUT2D eigenvalue weighted by Gasteiger charge is 2.18.